The summed E-state index contributed by atoms with van der Waals surface area (Å²) < 4.78 is 42.3. The van der Waals surface area contributed by atoms with Crippen molar-refractivity contribution in [2.45, 2.75) is 51.4 Å². The fourth-order valence-electron chi connectivity index (χ4n) is 4.12. The number of benzene rings is 1. The van der Waals surface area contributed by atoms with E-state index in [9.17, 15) is 18.0 Å². The highest BCUT2D eigenvalue weighted by Crippen LogP contribution is 2.44. The topological polar surface area (TPSA) is 50.2 Å². The van der Waals surface area contributed by atoms with Crippen molar-refractivity contribution < 1.29 is 18.0 Å². The molecule has 0 radical (unpaired) electrons. The number of carbonyl (C=O) groups is 1. The molecule has 1 aromatic heterocycles. The van der Waals surface area contributed by atoms with Crippen LogP contribution in [0.5, 0.6) is 0 Å². The molecule has 0 aliphatic carbocycles. The lowest BCUT2D eigenvalue weighted by Crippen LogP contribution is -2.39. The summed E-state index contributed by atoms with van der Waals surface area (Å²) in [6.45, 7) is 5.32. The van der Waals surface area contributed by atoms with Crippen LogP contribution in [0.4, 0.5) is 19.0 Å². The van der Waals surface area contributed by atoms with Crippen molar-refractivity contribution in [3.8, 4) is 0 Å². The van der Waals surface area contributed by atoms with Crippen LogP contribution in [0, 0.1) is 12.8 Å². The van der Waals surface area contributed by atoms with Crippen LogP contribution in [0.3, 0.4) is 0 Å². The minimum atomic E-state index is -4.45. The van der Waals surface area contributed by atoms with Crippen LogP contribution in [-0.4, -0.2) is 39.9 Å². The van der Waals surface area contributed by atoms with E-state index in [1.54, 1.807) is 4.90 Å². The van der Waals surface area contributed by atoms with E-state index < -0.39 is 18.3 Å². The van der Waals surface area contributed by atoms with Crippen molar-refractivity contribution in [1.82, 2.24) is 14.7 Å². The van der Waals surface area contributed by atoms with E-state index in [1.165, 1.54) is 6.20 Å². The number of hydrogen-bond donors (Lipinski definition) is 1. The Bertz CT molecular complexity index is 882. The molecule has 2 aliphatic rings. The number of hydrogen-bond acceptors (Lipinski definition) is 3. The number of aryl methyl sites for hydroxylation is 1. The summed E-state index contributed by atoms with van der Waals surface area (Å²) >= 11 is 0. The lowest BCUT2D eigenvalue weighted by molar-refractivity contribution is -0.173. The molecule has 1 fully saturated rings. The molecule has 8 heteroatoms. The molecule has 0 bridgehead atoms. The van der Waals surface area contributed by atoms with E-state index >= 15 is 0 Å². The predicted octanol–water partition coefficient (Wildman–Crippen LogP) is 4.72. The molecule has 156 valence electrons. The first kappa shape index (κ1) is 19.8. The van der Waals surface area contributed by atoms with Crippen molar-refractivity contribution in [2.75, 3.05) is 18.4 Å². The van der Waals surface area contributed by atoms with Crippen LogP contribution in [0.15, 0.2) is 30.5 Å². The Morgan fingerprint density at radius 2 is 1.83 bits per heavy atom. The number of likely N-dealkylation sites (tertiary alicyclic amines) is 1. The van der Waals surface area contributed by atoms with Gasteiger partial charge in [-0.3, -0.25) is 4.79 Å². The van der Waals surface area contributed by atoms with E-state index in [2.05, 4.69) is 17.3 Å². The zero-order chi connectivity index (χ0) is 20.8. The summed E-state index contributed by atoms with van der Waals surface area (Å²) in [4.78, 5) is 14.8. The van der Waals surface area contributed by atoms with Gasteiger partial charge in [-0.2, -0.15) is 18.3 Å². The molecule has 1 N–H and O–H groups in total. The molecule has 1 amide bonds. The van der Waals surface area contributed by atoms with Crippen molar-refractivity contribution in [2.24, 2.45) is 5.92 Å². The quantitative estimate of drug-likeness (QED) is 0.785. The number of amides is 1. The lowest BCUT2D eigenvalue weighted by atomic mass is 9.95. The normalized spacial score (nSPS) is 22.9. The van der Waals surface area contributed by atoms with Crippen LogP contribution in [0.25, 0.3) is 0 Å². The molecule has 2 aliphatic heterocycles. The second kappa shape index (κ2) is 7.39. The Kier molecular flexibility index (Phi) is 5.04. The molecular formula is C21H25F3N4O. The second-order valence-electron chi connectivity index (χ2n) is 8.23. The first-order chi connectivity index (χ1) is 13.7. The standard InChI is InChI=1S/C21H25F3N4O/c1-13-3-5-15(6-4-13)17-11-18(21(22,23)24)28-19(26-17)16(12-25-28)20(29)27-9-7-14(2)8-10-27/h3-6,12,14,17-18,26H,7-11H2,1-2H3/t17-,18-/m1/s1. The van der Waals surface area contributed by atoms with Crippen LogP contribution >= 0.6 is 0 Å². The molecule has 1 aromatic carbocycles. The minimum Gasteiger partial charge on any atom is -0.363 e. The van der Waals surface area contributed by atoms with Gasteiger partial charge in [-0.05, 0) is 31.2 Å². The van der Waals surface area contributed by atoms with Crippen molar-refractivity contribution in [3.05, 3.63) is 47.2 Å². The van der Waals surface area contributed by atoms with Crippen LogP contribution in [0.2, 0.25) is 0 Å². The molecule has 3 heterocycles. The Balaban J connectivity index is 1.68. The molecule has 2 aromatic rings. The number of rotatable bonds is 2. The average molecular weight is 406 g/mol. The van der Waals surface area contributed by atoms with Gasteiger partial charge in [0.1, 0.15) is 11.4 Å². The van der Waals surface area contributed by atoms with Gasteiger partial charge >= 0.3 is 6.18 Å². The van der Waals surface area contributed by atoms with Gasteiger partial charge < -0.3 is 10.2 Å². The van der Waals surface area contributed by atoms with Crippen molar-refractivity contribution in [3.63, 3.8) is 0 Å². The number of fused-ring (bicyclic) bond motifs is 1. The van der Waals surface area contributed by atoms with Gasteiger partial charge in [0.2, 0.25) is 0 Å². The second-order valence-corrected chi connectivity index (χ2v) is 8.23. The molecule has 2 atom stereocenters. The van der Waals surface area contributed by atoms with Gasteiger partial charge in [0.15, 0.2) is 6.04 Å². The molecule has 1 saturated heterocycles. The van der Waals surface area contributed by atoms with E-state index in [0.717, 1.165) is 28.7 Å². The van der Waals surface area contributed by atoms with E-state index in [4.69, 9.17) is 0 Å². The number of nitrogens with one attached hydrogen (secondary N) is 1. The SMILES string of the molecule is Cc1ccc([C@H]2C[C@H](C(F)(F)F)n3ncc(C(=O)N4CCC(C)CC4)c3N2)cc1. The minimum absolute atomic E-state index is 0.160. The number of carbonyl (C=O) groups excluding carboxylic acids is 1. The highest BCUT2D eigenvalue weighted by molar-refractivity contribution is 5.99. The molecule has 29 heavy (non-hydrogen) atoms. The van der Waals surface area contributed by atoms with Gasteiger partial charge in [-0.1, -0.05) is 36.8 Å². The number of piperidine rings is 1. The fourth-order valence-corrected chi connectivity index (χ4v) is 4.12. The summed E-state index contributed by atoms with van der Waals surface area (Å²) in [5, 5.41) is 7.13. The Hall–Kier alpha value is -2.51. The third-order valence-electron chi connectivity index (χ3n) is 6.02. The molecular weight excluding hydrogens is 381 g/mol. The number of alkyl halides is 3. The molecule has 4 rings (SSSR count). The first-order valence-electron chi connectivity index (χ1n) is 10.0. The number of nitrogens with zero attached hydrogens (tertiary/aromatic N) is 3. The Labute approximate surface area is 167 Å². The third-order valence-corrected chi connectivity index (χ3v) is 6.02. The van der Waals surface area contributed by atoms with Crippen LogP contribution in [0.1, 0.15) is 59.8 Å². The van der Waals surface area contributed by atoms with E-state index in [0.29, 0.717) is 19.0 Å². The summed E-state index contributed by atoms with van der Waals surface area (Å²) in [7, 11) is 0. The lowest BCUT2D eigenvalue weighted by Gasteiger charge is -2.35. The van der Waals surface area contributed by atoms with E-state index in [1.807, 2.05) is 31.2 Å². The zero-order valence-corrected chi connectivity index (χ0v) is 16.5. The zero-order valence-electron chi connectivity index (χ0n) is 16.5. The summed E-state index contributed by atoms with van der Waals surface area (Å²) in [5.41, 5.74) is 2.02. The number of aromatic nitrogens is 2. The molecule has 0 saturated carbocycles. The highest BCUT2D eigenvalue weighted by atomic mass is 19.4. The summed E-state index contributed by atoms with van der Waals surface area (Å²) in [5.74, 6) is 0.461. The molecule has 5 nitrogen and oxygen atoms in total. The Morgan fingerprint density at radius 3 is 2.45 bits per heavy atom. The number of anilines is 1. The molecule has 0 unspecified atom stereocenters. The van der Waals surface area contributed by atoms with Gasteiger partial charge in [-0.25, -0.2) is 4.68 Å². The van der Waals surface area contributed by atoms with Gasteiger partial charge in [-0.15, -0.1) is 0 Å². The van der Waals surface area contributed by atoms with Crippen molar-refractivity contribution >= 4 is 11.7 Å². The van der Waals surface area contributed by atoms with Crippen LogP contribution < -0.4 is 5.32 Å². The largest absolute Gasteiger partial charge is 0.410 e. The van der Waals surface area contributed by atoms with Crippen LogP contribution in [-0.2, 0) is 0 Å². The average Bonchev–Trinajstić information content (AvgIpc) is 3.11. The third kappa shape index (κ3) is 3.84. The monoisotopic (exact) mass is 406 g/mol. The maximum absolute atomic E-state index is 13.8. The predicted molar refractivity (Wildman–Crippen MR) is 104 cm³/mol. The van der Waals surface area contributed by atoms with Gasteiger partial charge in [0.25, 0.3) is 5.91 Å². The maximum atomic E-state index is 13.8. The Morgan fingerprint density at radius 1 is 1.17 bits per heavy atom. The smallest absolute Gasteiger partial charge is 0.363 e. The van der Waals surface area contributed by atoms with Gasteiger partial charge in [0, 0.05) is 19.5 Å². The van der Waals surface area contributed by atoms with Crippen molar-refractivity contribution in [1.29, 1.82) is 0 Å². The number of halogens is 3. The summed E-state index contributed by atoms with van der Waals surface area (Å²) in [6.07, 6.45) is -1.54. The van der Waals surface area contributed by atoms with Gasteiger partial charge in [0.05, 0.1) is 12.2 Å². The maximum Gasteiger partial charge on any atom is 0.410 e. The molecule has 0 spiro atoms. The fraction of sp³-hybridized carbons (Fsp3) is 0.524. The van der Waals surface area contributed by atoms with E-state index in [-0.39, 0.29) is 23.7 Å². The first-order valence-corrected chi connectivity index (χ1v) is 10.0. The highest BCUT2D eigenvalue weighted by Gasteiger charge is 2.47. The summed E-state index contributed by atoms with van der Waals surface area (Å²) in [6, 6.07) is 5.12.